The maximum absolute atomic E-state index is 12.0. The summed E-state index contributed by atoms with van der Waals surface area (Å²) in [5.41, 5.74) is 2.01. The molecular formula is C18H31N3O. The van der Waals surface area contributed by atoms with Crippen molar-refractivity contribution in [2.45, 2.75) is 47.1 Å². The fourth-order valence-corrected chi connectivity index (χ4v) is 2.67. The van der Waals surface area contributed by atoms with Crippen LogP contribution in [0.1, 0.15) is 39.7 Å². The molecule has 4 heteroatoms. The average Bonchev–Trinajstić information content (AvgIpc) is 2.47. The molecule has 0 fully saturated rings. The van der Waals surface area contributed by atoms with E-state index in [1.807, 2.05) is 31.2 Å². The van der Waals surface area contributed by atoms with Crippen LogP contribution >= 0.6 is 0 Å². The van der Waals surface area contributed by atoms with Gasteiger partial charge in [0.25, 0.3) is 0 Å². The van der Waals surface area contributed by atoms with Gasteiger partial charge in [-0.25, -0.2) is 4.79 Å². The Bertz CT molecular complexity index is 438. The molecule has 1 rings (SSSR count). The van der Waals surface area contributed by atoms with Gasteiger partial charge in [0.05, 0.1) is 0 Å². The van der Waals surface area contributed by atoms with E-state index in [2.05, 4.69) is 43.2 Å². The standard InChI is InChI=1S/C18H31N3O/c1-6-21(7-2)17(12-14(3)4)13-19-18(22)20-16-10-8-15(5)9-11-16/h8-11,14,17H,6-7,12-13H2,1-5H3,(H2,19,20,22). The summed E-state index contributed by atoms with van der Waals surface area (Å²) in [5.74, 6) is 0.618. The second-order valence-corrected chi connectivity index (χ2v) is 6.21. The molecule has 2 amide bonds. The Balaban J connectivity index is 2.52. The molecule has 0 radical (unpaired) electrons. The maximum Gasteiger partial charge on any atom is 0.319 e. The van der Waals surface area contributed by atoms with Crippen LogP contribution in [0, 0.1) is 12.8 Å². The molecule has 0 aliphatic rings. The summed E-state index contributed by atoms with van der Waals surface area (Å²) in [7, 11) is 0. The average molecular weight is 305 g/mol. The number of hydrogen-bond donors (Lipinski definition) is 2. The molecule has 22 heavy (non-hydrogen) atoms. The molecule has 0 aliphatic carbocycles. The summed E-state index contributed by atoms with van der Waals surface area (Å²) in [4.78, 5) is 14.5. The second kappa shape index (κ2) is 9.46. The van der Waals surface area contributed by atoms with Gasteiger partial charge in [0.15, 0.2) is 0 Å². The molecule has 0 saturated heterocycles. The first-order valence-electron chi connectivity index (χ1n) is 8.31. The summed E-state index contributed by atoms with van der Waals surface area (Å²) in [6.07, 6.45) is 1.09. The van der Waals surface area contributed by atoms with Crippen LogP contribution in [0.15, 0.2) is 24.3 Å². The highest BCUT2D eigenvalue weighted by atomic mass is 16.2. The minimum atomic E-state index is -0.134. The predicted octanol–water partition coefficient (Wildman–Crippen LogP) is 3.87. The van der Waals surface area contributed by atoms with Gasteiger partial charge in [-0.3, -0.25) is 4.90 Å². The Morgan fingerprint density at radius 1 is 1.14 bits per heavy atom. The molecule has 0 aromatic heterocycles. The topological polar surface area (TPSA) is 44.4 Å². The minimum absolute atomic E-state index is 0.134. The first kappa shape index (κ1) is 18.5. The fourth-order valence-electron chi connectivity index (χ4n) is 2.67. The van der Waals surface area contributed by atoms with Crippen molar-refractivity contribution in [3.05, 3.63) is 29.8 Å². The van der Waals surface area contributed by atoms with Gasteiger partial charge in [0.1, 0.15) is 0 Å². The van der Waals surface area contributed by atoms with E-state index in [1.165, 1.54) is 5.56 Å². The molecular weight excluding hydrogens is 274 g/mol. The van der Waals surface area contributed by atoms with Gasteiger partial charge in [-0.15, -0.1) is 0 Å². The zero-order valence-electron chi connectivity index (χ0n) is 14.6. The Kier molecular flexibility index (Phi) is 7.96. The lowest BCUT2D eigenvalue weighted by atomic mass is 10.0. The molecule has 1 atom stereocenters. The van der Waals surface area contributed by atoms with Crippen LogP contribution in [0.3, 0.4) is 0 Å². The van der Waals surface area contributed by atoms with Gasteiger partial charge in [-0.05, 0) is 44.5 Å². The monoisotopic (exact) mass is 305 g/mol. The predicted molar refractivity (Wildman–Crippen MR) is 94.4 cm³/mol. The van der Waals surface area contributed by atoms with Crippen LogP contribution in [0.25, 0.3) is 0 Å². The first-order valence-corrected chi connectivity index (χ1v) is 8.31. The fraction of sp³-hybridized carbons (Fsp3) is 0.611. The first-order chi connectivity index (χ1) is 10.5. The summed E-state index contributed by atoms with van der Waals surface area (Å²) >= 11 is 0. The van der Waals surface area contributed by atoms with Crippen molar-refractivity contribution >= 4 is 11.7 Å². The number of anilines is 1. The molecule has 1 unspecified atom stereocenters. The molecule has 0 heterocycles. The molecule has 1 aromatic rings. The van der Waals surface area contributed by atoms with Crippen LogP contribution in [-0.2, 0) is 0 Å². The number of likely N-dealkylation sites (N-methyl/N-ethyl adjacent to an activating group) is 1. The molecule has 2 N–H and O–H groups in total. The summed E-state index contributed by atoms with van der Waals surface area (Å²) in [6, 6.07) is 8.08. The number of amides is 2. The summed E-state index contributed by atoms with van der Waals surface area (Å²) in [5, 5.41) is 5.89. The summed E-state index contributed by atoms with van der Waals surface area (Å²) in [6.45, 7) is 13.5. The van der Waals surface area contributed by atoms with Crippen molar-refractivity contribution in [3.8, 4) is 0 Å². The molecule has 0 spiro atoms. The van der Waals surface area contributed by atoms with Crippen LogP contribution in [0.4, 0.5) is 10.5 Å². The van der Waals surface area contributed by atoms with E-state index in [0.29, 0.717) is 18.5 Å². The lowest BCUT2D eigenvalue weighted by molar-refractivity contribution is 0.186. The van der Waals surface area contributed by atoms with E-state index >= 15 is 0 Å². The lowest BCUT2D eigenvalue weighted by Gasteiger charge is -2.31. The third-order valence-electron chi connectivity index (χ3n) is 3.88. The van der Waals surface area contributed by atoms with Crippen molar-refractivity contribution in [2.75, 3.05) is 25.0 Å². The van der Waals surface area contributed by atoms with E-state index < -0.39 is 0 Å². The number of rotatable bonds is 8. The van der Waals surface area contributed by atoms with Crippen LogP contribution in [0.2, 0.25) is 0 Å². The number of aryl methyl sites for hydroxylation is 1. The number of nitrogens with zero attached hydrogens (tertiary/aromatic N) is 1. The number of benzene rings is 1. The highest BCUT2D eigenvalue weighted by Crippen LogP contribution is 2.11. The van der Waals surface area contributed by atoms with E-state index in [1.54, 1.807) is 0 Å². The van der Waals surface area contributed by atoms with Crippen molar-refractivity contribution in [1.82, 2.24) is 10.2 Å². The normalized spacial score (nSPS) is 12.5. The molecule has 0 aliphatic heterocycles. The van der Waals surface area contributed by atoms with Crippen LogP contribution < -0.4 is 10.6 Å². The number of carbonyl (C=O) groups excluding carboxylic acids is 1. The van der Waals surface area contributed by atoms with Gasteiger partial charge in [-0.2, -0.15) is 0 Å². The van der Waals surface area contributed by atoms with Gasteiger partial charge < -0.3 is 10.6 Å². The SMILES string of the molecule is CCN(CC)C(CNC(=O)Nc1ccc(C)cc1)CC(C)C. The molecule has 0 bridgehead atoms. The quantitative estimate of drug-likeness (QED) is 0.765. The molecule has 124 valence electrons. The third kappa shape index (κ3) is 6.48. The van der Waals surface area contributed by atoms with Crippen LogP contribution in [-0.4, -0.2) is 36.6 Å². The van der Waals surface area contributed by atoms with Gasteiger partial charge in [0, 0.05) is 18.3 Å². The van der Waals surface area contributed by atoms with Gasteiger partial charge in [0.2, 0.25) is 0 Å². The van der Waals surface area contributed by atoms with E-state index in [0.717, 1.165) is 25.2 Å². The van der Waals surface area contributed by atoms with E-state index in [9.17, 15) is 4.79 Å². The molecule has 1 aromatic carbocycles. The van der Waals surface area contributed by atoms with Crippen LogP contribution in [0.5, 0.6) is 0 Å². The van der Waals surface area contributed by atoms with E-state index in [-0.39, 0.29) is 6.03 Å². The van der Waals surface area contributed by atoms with Gasteiger partial charge in [-0.1, -0.05) is 45.4 Å². The zero-order chi connectivity index (χ0) is 16.5. The molecule has 0 saturated carbocycles. The van der Waals surface area contributed by atoms with Gasteiger partial charge >= 0.3 is 6.03 Å². The molecule has 4 nitrogen and oxygen atoms in total. The second-order valence-electron chi connectivity index (χ2n) is 6.21. The smallest absolute Gasteiger partial charge is 0.319 e. The third-order valence-corrected chi connectivity index (χ3v) is 3.88. The minimum Gasteiger partial charge on any atom is -0.336 e. The van der Waals surface area contributed by atoms with Crippen molar-refractivity contribution < 1.29 is 4.79 Å². The highest BCUT2D eigenvalue weighted by molar-refractivity contribution is 5.89. The maximum atomic E-state index is 12.0. The Morgan fingerprint density at radius 2 is 1.73 bits per heavy atom. The Hall–Kier alpha value is -1.55. The summed E-state index contributed by atoms with van der Waals surface area (Å²) < 4.78 is 0. The largest absolute Gasteiger partial charge is 0.336 e. The number of urea groups is 1. The number of carbonyl (C=O) groups is 1. The Labute approximate surface area is 135 Å². The zero-order valence-corrected chi connectivity index (χ0v) is 14.6. The van der Waals surface area contributed by atoms with Crippen molar-refractivity contribution in [1.29, 1.82) is 0 Å². The Morgan fingerprint density at radius 3 is 2.23 bits per heavy atom. The van der Waals surface area contributed by atoms with E-state index in [4.69, 9.17) is 0 Å². The van der Waals surface area contributed by atoms with Crippen molar-refractivity contribution in [2.24, 2.45) is 5.92 Å². The highest BCUT2D eigenvalue weighted by Gasteiger charge is 2.17. The number of nitrogens with one attached hydrogen (secondary N) is 2. The van der Waals surface area contributed by atoms with Crippen molar-refractivity contribution in [3.63, 3.8) is 0 Å². The number of hydrogen-bond acceptors (Lipinski definition) is 2. The lowest BCUT2D eigenvalue weighted by Crippen LogP contribution is -2.45.